The average molecular weight is 150 g/mol. The second-order valence-corrected chi connectivity index (χ2v) is 4.99. The van der Waals surface area contributed by atoms with Gasteiger partial charge in [0.1, 0.15) is 0 Å². The highest BCUT2D eigenvalue weighted by atomic mass is 14.6. The monoisotopic (exact) mass is 150 g/mol. The van der Waals surface area contributed by atoms with Crippen molar-refractivity contribution in [2.24, 2.45) is 17.3 Å². The van der Waals surface area contributed by atoms with Crippen molar-refractivity contribution in [3.63, 3.8) is 0 Å². The molecule has 0 N–H and O–H groups in total. The Morgan fingerprint density at radius 3 is 1.91 bits per heavy atom. The molecule has 3 saturated carbocycles. The van der Waals surface area contributed by atoms with Crippen molar-refractivity contribution < 1.29 is 0 Å². The van der Waals surface area contributed by atoms with Crippen molar-refractivity contribution in [1.82, 2.24) is 0 Å². The fourth-order valence-electron chi connectivity index (χ4n) is 3.88. The molecule has 0 heteroatoms. The van der Waals surface area contributed by atoms with Crippen LogP contribution in [0.3, 0.4) is 0 Å². The Morgan fingerprint density at radius 1 is 0.727 bits per heavy atom. The molecule has 0 heterocycles. The Hall–Kier alpha value is 0. The predicted octanol–water partition coefficient (Wildman–Crippen LogP) is 3.37. The quantitative estimate of drug-likeness (QED) is 0.537. The molecule has 11 heavy (non-hydrogen) atoms. The molecule has 2 atom stereocenters. The standard InChI is InChI=1S/C11H18/c1-3-9(4-1)11-7-2-5-10(11)6-8-11/h9-10H,1-8H2. The first-order chi connectivity index (χ1) is 5.42. The molecule has 3 rings (SSSR count). The van der Waals surface area contributed by atoms with Crippen LogP contribution in [0.15, 0.2) is 0 Å². The summed E-state index contributed by atoms with van der Waals surface area (Å²) in [6, 6.07) is 0. The van der Waals surface area contributed by atoms with E-state index < -0.39 is 0 Å². The lowest BCUT2D eigenvalue weighted by Crippen LogP contribution is -2.45. The Bertz CT molecular complexity index is 169. The third-order valence-corrected chi connectivity index (χ3v) is 4.88. The van der Waals surface area contributed by atoms with Gasteiger partial charge in [-0.15, -0.1) is 0 Å². The fraction of sp³-hybridized carbons (Fsp3) is 1.00. The molecule has 0 nitrogen and oxygen atoms in total. The first kappa shape index (κ1) is 6.51. The highest BCUT2D eigenvalue weighted by Gasteiger charge is 2.54. The van der Waals surface area contributed by atoms with Gasteiger partial charge in [0.2, 0.25) is 0 Å². The number of fused-ring (bicyclic) bond motifs is 1. The molecule has 0 spiro atoms. The Kier molecular flexibility index (Phi) is 1.20. The molecule has 0 aliphatic heterocycles. The first-order valence-corrected chi connectivity index (χ1v) is 5.42. The summed E-state index contributed by atoms with van der Waals surface area (Å²) < 4.78 is 0. The summed E-state index contributed by atoms with van der Waals surface area (Å²) in [5, 5.41) is 0. The summed E-state index contributed by atoms with van der Waals surface area (Å²) in [5.74, 6) is 2.37. The SMILES string of the molecule is C1CC(C23CCCC2CC3)C1. The van der Waals surface area contributed by atoms with Gasteiger partial charge in [0, 0.05) is 0 Å². The van der Waals surface area contributed by atoms with Gasteiger partial charge in [0.05, 0.1) is 0 Å². The molecule has 0 aromatic rings. The summed E-state index contributed by atoms with van der Waals surface area (Å²) in [4.78, 5) is 0. The summed E-state index contributed by atoms with van der Waals surface area (Å²) >= 11 is 0. The van der Waals surface area contributed by atoms with Crippen LogP contribution in [0.4, 0.5) is 0 Å². The van der Waals surface area contributed by atoms with Gasteiger partial charge in [-0.05, 0) is 55.8 Å². The van der Waals surface area contributed by atoms with Crippen LogP contribution in [0, 0.1) is 17.3 Å². The largest absolute Gasteiger partial charge is 0.0527 e. The van der Waals surface area contributed by atoms with Crippen molar-refractivity contribution in [1.29, 1.82) is 0 Å². The third kappa shape index (κ3) is 0.666. The van der Waals surface area contributed by atoms with Gasteiger partial charge in [-0.25, -0.2) is 0 Å². The van der Waals surface area contributed by atoms with Crippen LogP contribution < -0.4 is 0 Å². The van der Waals surface area contributed by atoms with E-state index in [4.69, 9.17) is 0 Å². The summed E-state index contributed by atoms with van der Waals surface area (Å²) in [6.45, 7) is 0. The van der Waals surface area contributed by atoms with E-state index in [0.29, 0.717) is 0 Å². The molecule has 0 bridgehead atoms. The average Bonchev–Trinajstić information content (AvgIpc) is 2.10. The minimum atomic E-state index is 0.929. The van der Waals surface area contributed by atoms with Gasteiger partial charge in [-0.2, -0.15) is 0 Å². The summed E-state index contributed by atoms with van der Waals surface area (Å²) in [6.07, 6.45) is 12.6. The Balaban J connectivity index is 1.81. The molecule has 0 amide bonds. The predicted molar refractivity (Wildman–Crippen MR) is 46.3 cm³/mol. The molecule has 0 saturated heterocycles. The number of hydrogen-bond acceptors (Lipinski definition) is 0. The van der Waals surface area contributed by atoms with Crippen LogP contribution in [0.5, 0.6) is 0 Å². The molecule has 0 aromatic heterocycles. The van der Waals surface area contributed by atoms with Gasteiger partial charge >= 0.3 is 0 Å². The summed E-state index contributed by atoms with van der Waals surface area (Å²) in [7, 11) is 0. The molecule has 2 unspecified atom stereocenters. The third-order valence-electron chi connectivity index (χ3n) is 4.88. The fourth-order valence-corrected chi connectivity index (χ4v) is 3.88. The van der Waals surface area contributed by atoms with Crippen LogP contribution in [-0.4, -0.2) is 0 Å². The van der Waals surface area contributed by atoms with Gasteiger partial charge in [0.25, 0.3) is 0 Å². The van der Waals surface area contributed by atoms with Crippen molar-refractivity contribution in [3.05, 3.63) is 0 Å². The second-order valence-electron chi connectivity index (χ2n) is 4.99. The van der Waals surface area contributed by atoms with Crippen molar-refractivity contribution >= 4 is 0 Å². The van der Waals surface area contributed by atoms with E-state index in [1.54, 1.807) is 51.4 Å². The van der Waals surface area contributed by atoms with E-state index in [9.17, 15) is 0 Å². The molecule has 62 valence electrons. The van der Waals surface area contributed by atoms with E-state index >= 15 is 0 Å². The second kappa shape index (κ2) is 2.02. The smallest absolute Gasteiger partial charge is 0.0241 e. The van der Waals surface area contributed by atoms with E-state index in [-0.39, 0.29) is 0 Å². The molecule has 3 aliphatic rings. The normalized spacial score (nSPS) is 49.6. The minimum absolute atomic E-state index is 0.929. The molecular weight excluding hydrogens is 132 g/mol. The van der Waals surface area contributed by atoms with Crippen LogP contribution in [-0.2, 0) is 0 Å². The zero-order valence-corrected chi connectivity index (χ0v) is 7.31. The van der Waals surface area contributed by atoms with Crippen LogP contribution in [0.1, 0.15) is 51.4 Å². The molecular formula is C11H18. The molecule has 0 radical (unpaired) electrons. The first-order valence-electron chi connectivity index (χ1n) is 5.42. The van der Waals surface area contributed by atoms with Crippen molar-refractivity contribution in [2.45, 2.75) is 51.4 Å². The van der Waals surface area contributed by atoms with Crippen LogP contribution in [0.2, 0.25) is 0 Å². The highest BCUT2D eigenvalue weighted by Crippen LogP contribution is 2.65. The van der Waals surface area contributed by atoms with E-state index in [0.717, 1.165) is 5.41 Å². The topological polar surface area (TPSA) is 0 Å². The van der Waals surface area contributed by atoms with Gasteiger partial charge in [-0.3, -0.25) is 0 Å². The maximum absolute atomic E-state index is 1.60. The van der Waals surface area contributed by atoms with E-state index in [2.05, 4.69) is 0 Å². The van der Waals surface area contributed by atoms with Crippen LogP contribution in [0.25, 0.3) is 0 Å². The lowest BCUT2D eigenvalue weighted by atomic mass is 9.51. The lowest BCUT2D eigenvalue weighted by Gasteiger charge is -2.54. The van der Waals surface area contributed by atoms with Crippen LogP contribution >= 0.6 is 0 Å². The maximum atomic E-state index is 1.60. The molecule has 3 fully saturated rings. The van der Waals surface area contributed by atoms with Crippen molar-refractivity contribution in [3.8, 4) is 0 Å². The van der Waals surface area contributed by atoms with Gasteiger partial charge in [-0.1, -0.05) is 12.8 Å². The van der Waals surface area contributed by atoms with Gasteiger partial charge in [0.15, 0.2) is 0 Å². The summed E-state index contributed by atoms with van der Waals surface area (Å²) in [5.41, 5.74) is 0.929. The maximum Gasteiger partial charge on any atom is -0.0241 e. The van der Waals surface area contributed by atoms with Gasteiger partial charge < -0.3 is 0 Å². The Morgan fingerprint density at radius 2 is 1.45 bits per heavy atom. The zero-order valence-electron chi connectivity index (χ0n) is 7.31. The van der Waals surface area contributed by atoms with E-state index in [1.807, 2.05) is 0 Å². The van der Waals surface area contributed by atoms with Crippen molar-refractivity contribution in [2.75, 3.05) is 0 Å². The zero-order chi connectivity index (χ0) is 7.31. The van der Waals surface area contributed by atoms with E-state index in [1.165, 1.54) is 11.8 Å². The molecule has 0 aromatic carbocycles. The number of rotatable bonds is 1. The lowest BCUT2D eigenvalue weighted by molar-refractivity contribution is -0.0409. The number of hydrogen-bond donors (Lipinski definition) is 0. The molecule has 3 aliphatic carbocycles. The minimum Gasteiger partial charge on any atom is -0.0527 e. The Labute approximate surface area is 69.4 Å². The highest BCUT2D eigenvalue weighted by molar-refractivity contribution is 5.05.